The van der Waals surface area contributed by atoms with Crippen LogP contribution in [0.3, 0.4) is 0 Å². The number of aromatic hydroxyl groups is 1. The number of nitrogens with one attached hydrogen (secondary N) is 1. The maximum absolute atomic E-state index is 12.6. The van der Waals surface area contributed by atoms with E-state index in [0.29, 0.717) is 16.3 Å². The van der Waals surface area contributed by atoms with Gasteiger partial charge in [0.2, 0.25) is 0 Å². The Balaban J connectivity index is 1.83. The first-order valence-electron chi connectivity index (χ1n) is 11.6. The second-order valence-corrected chi connectivity index (χ2v) is 9.10. The summed E-state index contributed by atoms with van der Waals surface area (Å²) in [5.41, 5.74) is 1.92. The van der Waals surface area contributed by atoms with E-state index in [9.17, 15) is 9.90 Å². The summed E-state index contributed by atoms with van der Waals surface area (Å²) < 4.78 is 5.84. The van der Waals surface area contributed by atoms with Crippen LogP contribution in [0.5, 0.6) is 11.5 Å². The molecule has 0 saturated carbocycles. The lowest BCUT2D eigenvalue weighted by Gasteiger charge is -2.17. The summed E-state index contributed by atoms with van der Waals surface area (Å²) in [5, 5.41) is 13.3. The number of aryl methyl sites for hydroxylation is 1. The number of hydrogen-bond donors (Lipinski definition) is 2. The van der Waals surface area contributed by atoms with E-state index in [1.165, 1.54) is 56.6 Å². The zero-order valence-electron chi connectivity index (χ0n) is 19.3. The minimum absolute atomic E-state index is 0.120. The second-order valence-electron chi connectivity index (χ2n) is 8.32. The highest BCUT2D eigenvalue weighted by Crippen LogP contribution is 2.38. The van der Waals surface area contributed by atoms with Crippen LogP contribution in [-0.2, 0) is 11.2 Å². The van der Waals surface area contributed by atoms with Gasteiger partial charge in [0.25, 0.3) is 5.91 Å². The molecule has 0 fully saturated rings. The van der Waals surface area contributed by atoms with Crippen molar-refractivity contribution in [1.29, 1.82) is 0 Å². The van der Waals surface area contributed by atoms with Gasteiger partial charge in [-0.15, -0.1) is 0 Å². The predicted octanol–water partition coefficient (Wildman–Crippen LogP) is 8.10. The van der Waals surface area contributed by atoms with Gasteiger partial charge in [0.05, 0.1) is 10.7 Å². The number of phenolic OH excluding ortho intramolecular Hbond substituents is 1. The molecule has 0 aliphatic heterocycles. The van der Waals surface area contributed by atoms with Crippen LogP contribution in [-0.4, -0.2) is 17.1 Å². The number of ether oxygens (including phenoxy) is 1. The SMILES string of the molecule is CCCCCCCCCCc1cccc(OC(C)C(=O)Nc2cc(Cl)c(C)c(Cl)c2O)c1. The number of phenols is 1. The smallest absolute Gasteiger partial charge is 0.265 e. The Labute approximate surface area is 202 Å². The van der Waals surface area contributed by atoms with Crippen molar-refractivity contribution in [1.82, 2.24) is 0 Å². The normalized spacial score (nSPS) is 11.9. The predicted molar refractivity (Wildman–Crippen MR) is 134 cm³/mol. The van der Waals surface area contributed by atoms with Gasteiger partial charge in [-0.25, -0.2) is 0 Å². The number of amides is 1. The van der Waals surface area contributed by atoms with Crippen molar-refractivity contribution in [3.63, 3.8) is 0 Å². The van der Waals surface area contributed by atoms with Crippen molar-refractivity contribution in [3.05, 3.63) is 51.5 Å². The molecule has 0 aromatic heterocycles. The molecule has 0 aliphatic carbocycles. The van der Waals surface area contributed by atoms with E-state index in [2.05, 4.69) is 18.3 Å². The second kappa shape index (κ2) is 13.6. The first-order valence-corrected chi connectivity index (χ1v) is 12.3. The molecule has 32 heavy (non-hydrogen) atoms. The summed E-state index contributed by atoms with van der Waals surface area (Å²) in [7, 11) is 0. The summed E-state index contributed by atoms with van der Waals surface area (Å²) in [6.07, 6.45) is 10.6. The first-order chi connectivity index (χ1) is 15.3. The van der Waals surface area contributed by atoms with E-state index < -0.39 is 12.0 Å². The molecule has 2 aromatic carbocycles. The lowest BCUT2D eigenvalue weighted by atomic mass is 10.0. The fourth-order valence-electron chi connectivity index (χ4n) is 3.53. The highest BCUT2D eigenvalue weighted by molar-refractivity contribution is 6.37. The number of anilines is 1. The summed E-state index contributed by atoms with van der Waals surface area (Å²) in [6.45, 7) is 5.60. The molecule has 1 unspecified atom stereocenters. The third-order valence-corrected chi connectivity index (χ3v) is 6.43. The van der Waals surface area contributed by atoms with E-state index in [1.54, 1.807) is 13.8 Å². The molecule has 4 nitrogen and oxygen atoms in total. The van der Waals surface area contributed by atoms with Crippen LogP contribution in [0.25, 0.3) is 0 Å². The van der Waals surface area contributed by atoms with E-state index in [4.69, 9.17) is 27.9 Å². The molecular weight excluding hydrogens is 445 g/mol. The third kappa shape index (κ3) is 8.22. The van der Waals surface area contributed by atoms with Gasteiger partial charge in [-0.1, -0.05) is 87.2 Å². The van der Waals surface area contributed by atoms with Crippen molar-refractivity contribution in [2.24, 2.45) is 0 Å². The van der Waals surface area contributed by atoms with Crippen molar-refractivity contribution >= 4 is 34.8 Å². The van der Waals surface area contributed by atoms with Crippen molar-refractivity contribution in [2.45, 2.75) is 84.7 Å². The van der Waals surface area contributed by atoms with Crippen molar-refractivity contribution < 1.29 is 14.6 Å². The molecule has 0 heterocycles. The number of benzene rings is 2. The number of carbonyl (C=O) groups excluding carboxylic acids is 1. The van der Waals surface area contributed by atoms with E-state index in [0.717, 1.165) is 12.8 Å². The first kappa shape index (κ1) is 26.3. The summed E-state index contributed by atoms with van der Waals surface area (Å²) >= 11 is 12.2. The molecule has 0 saturated heterocycles. The van der Waals surface area contributed by atoms with Crippen molar-refractivity contribution in [3.8, 4) is 11.5 Å². The Morgan fingerprint density at radius 3 is 2.41 bits per heavy atom. The van der Waals surface area contributed by atoms with Gasteiger partial charge in [-0.3, -0.25) is 4.79 Å². The quantitative estimate of drug-likeness (QED) is 0.225. The van der Waals surface area contributed by atoms with Gasteiger partial charge in [0.15, 0.2) is 11.9 Å². The Hall–Kier alpha value is -1.91. The molecule has 0 spiro atoms. The fourth-order valence-corrected chi connectivity index (χ4v) is 3.98. The molecule has 2 N–H and O–H groups in total. The molecule has 0 bridgehead atoms. The van der Waals surface area contributed by atoms with Gasteiger partial charge in [0, 0.05) is 5.02 Å². The molecule has 176 valence electrons. The molecule has 6 heteroatoms. The lowest BCUT2D eigenvalue weighted by molar-refractivity contribution is -0.122. The Morgan fingerprint density at radius 1 is 1.06 bits per heavy atom. The average molecular weight is 480 g/mol. The van der Waals surface area contributed by atoms with Crippen molar-refractivity contribution in [2.75, 3.05) is 5.32 Å². The number of hydrogen-bond acceptors (Lipinski definition) is 3. The topological polar surface area (TPSA) is 58.6 Å². The monoisotopic (exact) mass is 479 g/mol. The zero-order chi connectivity index (χ0) is 23.5. The minimum atomic E-state index is -0.758. The van der Waals surface area contributed by atoms with Crippen LogP contribution in [0.15, 0.2) is 30.3 Å². The van der Waals surface area contributed by atoms with E-state index in [1.807, 2.05) is 18.2 Å². The Morgan fingerprint density at radius 2 is 1.72 bits per heavy atom. The number of halogens is 2. The van der Waals surface area contributed by atoms with Crippen LogP contribution >= 0.6 is 23.2 Å². The average Bonchev–Trinajstić information content (AvgIpc) is 2.78. The fraction of sp³-hybridized carbons (Fsp3) is 0.500. The molecule has 2 rings (SSSR count). The number of carbonyl (C=O) groups is 1. The molecule has 2 aromatic rings. The minimum Gasteiger partial charge on any atom is -0.504 e. The summed E-state index contributed by atoms with van der Waals surface area (Å²) in [4.78, 5) is 12.6. The highest BCUT2D eigenvalue weighted by Gasteiger charge is 2.19. The number of unbranched alkanes of at least 4 members (excludes halogenated alkanes) is 7. The molecule has 0 aliphatic rings. The standard InChI is InChI=1S/C26H35Cl2NO3/c1-4-5-6-7-8-9-10-11-13-20-14-12-15-21(16-20)32-19(3)26(31)29-23-17-22(27)18(2)24(28)25(23)30/h12,14-17,19,30H,4-11,13H2,1-3H3,(H,29,31). The van der Waals surface area contributed by atoms with E-state index >= 15 is 0 Å². The molecule has 1 atom stereocenters. The van der Waals surface area contributed by atoms with Gasteiger partial charge in [0.1, 0.15) is 5.75 Å². The van der Waals surface area contributed by atoms with Crippen LogP contribution < -0.4 is 10.1 Å². The Kier molecular flexibility index (Phi) is 11.2. The zero-order valence-corrected chi connectivity index (χ0v) is 20.9. The lowest BCUT2D eigenvalue weighted by Crippen LogP contribution is -2.30. The van der Waals surface area contributed by atoms with Gasteiger partial charge < -0.3 is 15.2 Å². The van der Waals surface area contributed by atoms with Crippen LogP contribution in [0, 0.1) is 6.92 Å². The summed E-state index contributed by atoms with van der Waals surface area (Å²) in [6, 6.07) is 9.35. The van der Waals surface area contributed by atoms with Gasteiger partial charge in [-0.05, 0) is 56.0 Å². The van der Waals surface area contributed by atoms with Gasteiger partial charge >= 0.3 is 0 Å². The van der Waals surface area contributed by atoms with E-state index in [-0.39, 0.29) is 16.5 Å². The molecular formula is C26H35Cl2NO3. The van der Waals surface area contributed by atoms with Gasteiger partial charge in [-0.2, -0.15) is 0 Å². The van der Waals surface area contributed by atoms with Crippen LogP contribution in [0.1, 0.15) is 76.3 Å². The largest absolute Gasteiger partial charge is 0.504 e. The molecule has 0 radical (unpaired) electrons. The highest BCUT2D eigenvalue weighted by atomic mass is 35.5. The van der Waals surface area contributed by atoms with Crippen LogP contribution in [0.4, 0.5) is 5.69 Å². The molecule has 1 amide bonds. The number of rotatable bonds is 13. The maximum atomic E-state index is 12.6. The Bertz CT molecular complexity index is 886. The van der Waals surface area contributed by atoms with Crippen LogP contribution in [0.2, 0.25) is 10.0 Å². The maximum Gasteiger partial charge on any atom is 0.265 e. The third-order valence-electron chi connectivity index (χ3n) is 5.58. The summed E-state index contributed by atoms with van der Waals surface area (Å²) in [5.74, 6) is 0.0418.